The Bertz CT molecular complexity index is 1220. The van der Waals surface area contributed by atoms with Gasteiger partial charge in [-0.05, 0) is 95.0 Å². The number of halogens is 1. The summed E-state index contributed by atoms with van der Waals surface area (Å²) in [6.07, 6.45) is 9.49. The zero-order valence-electron chi connectivity index (χ0n) is 22.1. The second-order valence-corrected chi connectivity index (χ2v) is 11.4. The first kappa shape index (κ1) is 28.8. The summed E-state index contributed by atoms with van der Waals surface area (Å²) >= 11 is 1.63. The van der Waals surface area contributed by atoms with Crippen molar-refractivity contribution in [3.05, 3.63) is 47.5 Å². The summed E-state index contributed by atoms with van der Waals surface area (Å²) in [5.74, 6) is -0.545. The third-order valence-corrected chi connectivity index (χ3v) is 8.68. The summed E-state index contributed by atoms with van der Waals surface area (Å²) in [6, 6.07) is 11.4. The van der Waals surface area contributed by atoms with E-state index in [-0.39, 0.29) is 24.3 Å². The molecule has 0 unspecified atom stereocenters. The van der Waals surface area contributed by atoms with Crippen LogP contribution in [0.3, 0.4) is 0 Å². The van der Waals surface area contributed by atoms with Crippen molar-refractivity contribution < 1.29 is 19.1 Å². The molecule has 2 saturated heterocycles. The number of piperidine rings is 2. The van der Waals surface area contributed by atoms with Crippen molar-refractivity contribution in [1.82, 2.24) is 9.80 Å². The van der Waals surface area contributed by atoms with Gasteiger partial charge in [-0.15, -0.1) is 23.7 Å². The molecule has 38 heavy (non-hydrogen) atoms. The molecule has 0 bridgehead atoms. The number of ether oxygens (including phenoxy) is 2. The maximum absolute atomic E-state index is 12.7. The van der Waals surface area contributed by atoms with Gasteiger partial charge >= 0.3 is 11.9 Å². The van der Waals surface area contributed by atoms with Crippen LogP contribution >= 0.6 is 23.7 Å². The number of hydrogen-bond donors (Lipinski definition) is 0. The minimum atomic E-state index is -0.273. The Balaban J connectivity index is 0.00000336. The van der Waals surface area contributed by atoms with E-state index in [2.05, 4.69) is 9.80 Å². The molecule has 3 aromatic rings. The highest BCUT2D eigenvalue weighted by Gasteiger charge is 2.15. The average Bonchev–Trinajstić information content (AvgIpc) is 3.31. The lowest BCUT2D eigenvalue weighted by Crippen LogP contribution is -2.31. The Hall–Kier alpha value is -2.19. The highest BCUT2D eigenvalue weighted by atomic mass is 35.5. The molecule has 6 nitrogen and oxygen atoms in total. The van der Waals surface area contributed by atoms with Gasteiger partial charge < -0.3 is 19.3 Å². The fourth-order valence-electron chi connectivity index (χ4n) is 5.47. The topological polar surface area (TPSA) is 59.1 Å². The molecule has 0 amide bonds. The Morgan fingerprint density at radius 3 is 1.76 bits per heavy atom. The van der Waals surface area contributed by atoms with Crippen molar-refractivity contribution in [3.63, 3.8) is 0 Å². The van der Waals surface area contributed by atoms with E-state index in [4.69, 9.17) is 9.47 Å². The number of hydrogen-bond acceptors (Lipinski definition) is 7. The lowest BCUT2D eigenvalue weighted by Gasteiger charge is -2.26. The Labute approximate surface area is 235 Å². The molecule has 8 heteroatoms. The molecule has 0 N–H and O–H groups in total. The number of carbonyl (C=O) groups is 2. The van der Waals surface area contributed by atoms with Gasteiger partial charge in [-0.3, -0.25) is 0 Å². The second kappa shape index (κ2) is 14.3. The highest BCUT2D eigenvalue weighted by Crippen LogP contribution is 2.35. The lowest BCUT2D eigenvalue weighted by molar-refractivity contribution is 0.0476. The maximum Gasteiger partial charge on any atom is 0.338 e. The maximum atomic E-state index is 12.7. The van der Waals surface area contributed by atoms with Gasteiger partial charge in [-0.2, -0.15) is 0 Å². The van der Waals surface area contributed by atoms with Crippen molar-refractivity contribution >= 4 is 55.9 Å². The van der Waals surface area contributed by atoms with Gasteiger partial charge in [0, 0.05) is 33.3 Å². The van der Waals surface area contributed by atoms with Crippen LogP contribution in [-0.4, -0.2) is 74.2 Å². The minimum absolute atomic E-state index is 0. The first-order chi connectivity index (χ1) is 18.2. The second-order valence-electron chi connectivity index (χ2n) is 10.3. The summed E-state index contributed by atoms with van der Waals surface area (Å²) < 4.78 is 13.2. The van der Waals surface area contributed by atoms with Crippen LogP contribution in [0.2, 0.25) is 0 Å². The average molecular weight is 559 g/mol. The summed E-state index contributed by atoms with van der Waals surface area (Å²) in [4.78, 5) is 30.2. The van der Waals surface area contributed by atoms with E-state index in [0.29, 0.717) is 24.3 Å². The van der Waals surface area contributed by atoms with Gasteiger partial charge in [-0.25, -0.2) is 9.59 Å². The summed E-state index contributed by atoms with van der Waals surface area (Å²) in [7, 11) is 0. The molecule has 2 aromatic carbocycles. The normalized spacial score (nSPS) is 16.8. The van der Waals surface area contributed by atoms with Crippen molar-refractivity contribution in [3.8, 4) is 0 Å². The van der Waals surface area contributed by atoms with E-state index < -0.39 is 0 Å². The molecule has 206 valence electrons. The van der Waals surface area contributed by atoms with Crippen molar-refractivity contribution in [2.45, 2.75) is 51.4 Å². The van der Waals surface area contributed by atoms with Gasteiger partial charge in [0.15, 0.2) is 0 Å². The highest BCUT2D eigenvalue weighted by molar-refractivity contribution is 7.25. The van der Waals surface area contributed by atoms with Crippen LogP contribution in [0.15, 0.2) is 36.4 Å². The predicted octanol–water partition coefficient (Wildman–Crippen LogP) is 6.54. The van der Waals surface area contributed by atoms with E-state index in [1.54, 1.807) is 11.3 Å². The van der Waals surface area contributed by atoms with Crippen molar-refractivity contribution in [2.24, 2.45) is 0 Å². The third kappa shape index (κ3) is 7.47. The number of esters is 2. The summed E-state index contributed by atoms with van der Waals surface area (Å²) in [5.41, 5.74) is 1.15. The number of carbonyl (C=O) groups excluding carboxylic acids is 2. The molecular weight excluding hydrogens is 520 g/mol. The number of nitrogens with zero attached hydrogens (tertiary/aromatic N) is 2. The molecule has 0 saturated carbocycles. The number of benzene rings is 2. The van der Waals surface area contributed by atoms with Crippen LogP contribution in [0.4, 0.5) is 0 Å². The van der Waals surface area contributed by atoms with Gasteiger partial charge in [0.2, 0.25) is 0 Å². The molecule has 2 aliphatic rings. The molecule has 0 atom stereocenters. The SMILES string of the molecule is Cl.O=C(OCCCN1CCCCC1)c1ccc2c(c1)sc1ccc(C(=O)OCCCN3CCCCC3)cc12. The van der Waals surface area contributed by atoms with E-state index in [9.17, 15) is 9.59 Å². The molecule has 2 aliphatic heterocycles. The van der Waals surface area contributed by atoms with Crippen molar-refractivity contribution in [2.75, 3.05) is 52.5 Å². The smallest absolute Gasteiger partial charge is 0.338 e. The van der Waals surface area contributed by atoms with E-state index in [1.807, 2.05) is 36.4 Å². The monoisotopic (exact) mass is 558 g/mol. The molecule has 5 rings (SSSR count). The number of fused-ring (bicyclic) bond motifs is 3. The molecule has 0 radical (unpaired) electrons. The minimum Gasteiger partial charge on any atom is -0.462 e. The standard InChI is InChI=1S/C30H38N2O4S.ClH/c33-29(35-19-7-17-31-13-3-1-4-14-31)23-10-12-27-26(21-23)25-11-9-24(22-28(25)37-27)30(34)36-20-8-18-32-15-5-2-6-16-32;/h9-12,21-22H,1-8,13-20H2;1H. The zero-order chi connectivity index (χ0) is 25.5. The molecule has 3 heterocycles. The van der Waals surface area contributed by atoms with Crippen LogP contribution in [0, 0.1) is 0 Å². The molecule has 1 aromatic heterocycles. The fourth-order valence-corrected chi connectivity index (χ4v) is 6.60. The zero-order valence-corrected chi connectivity index (χ0v) is 23.8. The molecule has 2 fully saturated rings. The van der Waals surface area contributed by atoms with Crippen LogP contribution < -0.4 is 0 Å². The number of rotatable bonds is 10. The number of thiophene rings is 1. The van der Waals surface area contributed by atoms with Gasteiger partial charge in [0.05, 0.1) is 24.3 Å². The molecule has 0 aliphatic carbocycles. The summed E-state index contributed by atoms with van der Waals surface area (Å²) in [5, 5.41) is 2.06. The van der Waals surface area contributed by atoms with Gasteiger partial charge in [-0.1, -0.05) is 18.9 Å². The number of likely N-dealkylation sites (tertiary alicyclic amines) is 2. The van der Waals surface area contributed by atoms with Crippen LogP contribution in [0.25, 0.3) is 20.2 Å². The van der Waals surface area contributed by atoms with E-state index in [0.717, 1.165) is 72.3 Å². The first-order valence-electron chi connectivity index (χ1n) is 13.9. The lowest BCUT2D eigenvalue weighted by atomic mass is 10.1. The molecule has 0 spiro atoms. The molecular formula is C30H39ClN2O4S. The van der Waals surface area contributed by atoms with Crippen LogP contribution in [-0.2, 0) is 9.47 Å². The Morgan fingerprint density at radius 2 is 1.18 bits per heavy atom. The van der Waals surface area contributed by atoms with Crippen LogP contribution in [0.1, 0.15) is 72.1 Å². The van der Waals surface area contributed by atoms with Gasteiger partial charge in [0.25, 0.3) is 0 Å². The van der Waals surface area contributed by atoms with E-state index >= 15 is 0 Å². The quantitative estimate of drug-likeness (QED) is 0.208. The first-order valence-corrected chi connectivity index (χ1v) is 14.7. The Kier molecular flexibility index (Phi) is 10.8. The largest absolute Gasteiger partial charge is 0.462 e. The predicted molar refractivity (Wildman–Crippen MR) is 157 cm³/mol. The van der Waals surface area contributed by atoms with Crippen LogP contribution in [0.5, 0.6) is 0 Å². The third-order valence-electron chi connectivity index (χ3n) is 7.54. The fraction of sp³-hybridized carbons (Fsp3) is 0.533. The van der Waals surface area contributed by atoms with Crippen molar-refractivity contribution in [1.29, 1.82) is 0 Å². The summed E-state index contributed by atoms with van der Waals surface area (Å²) in [6.45, 7) is 7.52. The van der Waals surface area contributed by atoms with E-state index in [1.165, 1.54) is 38.5 Å². The Morgan fingerprint density at radius 1 is 0.658 bits per heavy atom. The van der Waals surface area contributed by atoms with Gasteiger partial charge in [0.1, 0.15) is 0 Å².